The first kappa shape index (κ1) is 17.9. The number of carbonyl (C=O) groups is 2. The SMILES string of the molecule is O=C(NC1CCCCCC1)c1cc(C(=O)N2CCCCCC2)ccn1. The molecule has 136 valence electrons. The van der Waals surface area contributed by atoms with Gasteiger partial charge in [0.05, 0.1) is 0 Å². The van der Waals surface area contributed by atoms with Crippen LogP contribution in [0.2, 0.25) is 0 Å². The standard InChI is InChI=1S/C20H29N3O2/c24-19(22-17-9-5-1-2-6-10-17)18-15-16(11-12-21-18)20(25)23-13-7-3-4-8-14-23/h11-12,15,17H,1-10,13-14H2,(H,22,24). The van der Waals surface area contributed by atoms with E-state index in [0.717, 1.165) is 38.8 Å². The maximum absolute atomic E-state index is 12.7. The Balaban J connectivity index is 1.65. The number of pyridine rings is 1. The van der Waals surface area contributed by atoms with Gasteiger partial charge < -0.3 is 10.2 Å². The van der Waals surface area contributed by atoms with Gasteiger partial charge in [-0.15, -0.1) is 0 Å². The number of hydrogen-bond donors (Lipinski definition) is 1. The third-order valence-corrected chi connectivity index (χ3v) is 5.32. The highest BCUT2D eigenvalue weighted by molar-refractivity contribution is 5.98. The summed E-state index contributed by atoms with van der Waals surface area (Å²) in [6.45, 7) is 1.62. The third kappa shape index (κ3) is 5.03. The van der Waals surface area contributed by atoms with Gasteiger partial charge in [-0.3, -0.25) is 14.6 Å². The molecule has 2 amide bonds. The minimum absolute atomic E-state index is 0.0211. The highest BCUT2D eigenvalue weighted by atomic mass is 16.2. The second-order valence-electron chi connectivity index (χ2n) is 7.30. The normalized spacial score (nSPS) is 19.8. The van der Waals surface area contributed by atoms with Gasteiger partial charge in [0, 0.05) is 30.9 Å². The first-order chi connectivity index (χ1) is 12.2. The van der Waals surface area contributed by atoms with Crippen LogP contribution in [-0.2, 0) is 0 Å². The lowest BCUT2D eigenvalue weighted by atomic mass is 10.1. The predicted octanol–water partition coefficient (Wildman–Crippen LogP) is 3.55. The summed E-state index contributed by atoms with van der Waals surface area (Å²) in [5.74, 6) is -0.134. The molecular formula is C20H29N3O2. The van der Waals surface area contributed by atoms with Crippen LogP contribution < -0.4 is 5.32 Å². The largest absolute Gasteiger partial charge is 0.348 e. The zero-order valence-corrected chi connectivity index (χ0v) is 15.0. The molecule has 5 heteroatoms. The number of nitrogens with one attached hydrogen (secondary N) is 1. The molecule has 5 nitrogen and oxygen atoms in total. The number of amides is 2. The van der Waals surface area contributed by atoms with Crippen LogP contribution in [-0.4, -0.2) is 40.8 Å². The Hall–Kier alpha value is -1.91. The van der Waals surface area contributed by atoms with Crippen molar-refractivity contribution >= 4 is 11.8 Å². The third-order valence-electron chi connectivity index (χ3n) is 5.32. The molecule has 2 fully saturated rings. The van der Waals surface area contributed by atoms with E-state index in [-0.39, 0.29) is 17.9 Å². The van der Waals surface area contributed by atoms with Gasteiger partial charge >= 0.3 is 0 Å². The Labute approximate surface area is 150 Å². The van der Waals surface area contributed by atoms with Gasteiger partial charge in [-0.05, 0) is 37.8 Å². The van der Waals surface area contributed by atoms with E-state index in [1.54, 1.807) is 18.3 Å². The number of rotatable bonds is 3. The summed E-state index contributed by atoms with van der Waals surface area (Å²) in [7, 11) is 0. The van der Waals surface area contributed by atoms with Crippen molar-refractivity contribution in [3.05, 3.63) is 29.6 Å². The van der Waals surface area contributed by atoms with Crippen molar-refractivity contribution in [3.63, 3.8) is 0 Å². The fraction of sp³-hybridized carbons (Fsp3) is 0.650. The fourth-order valence-electron chi connectivity index (χ4n) is 3.83. The van der Waals surface area contributed by atoms with E-state index in [1.807, 2.05) is 4.90 Å². The zero-order valence-electron chi connectivity index (χ0n) is 15.0. The molecular weight excluding hydrogens is 314 g/mol. The molecule has 1 aliphatic carbocycles. The summed E-state index contributed by atoms with van der Waals surface area (Å²) in [6.07, 6.45) is 13.0. The van der Waals surface area contributed by atoms with E-state index in [2.05, 4.69) is 10.3 Å². The summed E-state index contributed by atoms with van der Waals surface area (Å²) in [6, 6.07) is 3.61. The Kier molecular flexibility index (Phi) is 6.42. The molecule has 0 bridgehead atoms. The van der Waals surface area contributed by atoms with Crippen molar-refractivity contribution in [3.8, 4) is 0 Å². The van der Waals surface area contributed by atoms with Crippen LogP contribution in [0.1, 0.15) is 85.1 Å². The number of carbonyl (C=O) groups excluding carboxylic acids is 2. The molecule has 0 atom stereocenters. The van der Waals surface area contributed by atoms with E-state index in [0.29, 0.717) is 11.3 Å². The minimum Gasteiger partial charge on any atom is -0.348 e. The number of aromatic nitrogens is 1. The topological polar surface area (TPSA) is 62.3 Å². The van der Waals surface area contributed by atoms with Gasteiger partial charge in [-0.2, -0.15) is 0 Å². The average Bonchev–Trinajstić information content (AvgIpc) is 3.06. The maximum Gasteiger partial charge on any atom is 0.270 e. The van der Waals surface area contributed by atoms with Crippen molar-refractivity contribution in [2.45, 2.75) is 70.3 Å². The second kappa shape index (κ2) is 8.97. The predicted molar refractivity (Wildman–Crippen MR) is 97.6 cm³/mol. The van der Waals surface area contributed by atoms with Crippen LogP contribution in [0.3, 0.4) is 0 Å². The molecule has 1 aromatic rings. The number of nitrogens with zero attached hydrogens (tertiary/aromatic N) is 2. The van der Waals surface area contributed by atoms with Crippen molar-refractivity contribution in [1.29, 1.82) is 0 Å². The molecule has 25 heavy (non-hydrogen) atoms. The zero-order chi connectivity index (χ0) is 17.5. The molecule has 0 unspecified atom stereocenters. The molecule has 1 aromatic heterocycles. The highest BCUT2D eigenvalue weighted by Crippen LogP contribution is 2.18. The van der Waals surface area contributed by atoms with Crippen molar-refractivity contribution in [2.75, 3.05) is 13.1 Å². The molecule has 2 aliphatic rings. The molecule has 1 aliphatic heterocycles. The van der Waals surface area contributed by atoms with Gasteiger partial charge in [-0.25, -0.2) is 0 Å². The van der Waals surface area contributed by atoms with Crippen LogP contribution in [0, 0.1) is 0 Å². The lowest BCUT2D eigenvalue weighted by molar-refractivity contribution is 0.0761. The first-order valence-electron chi connectivity index (χ1n) is 9.80. The Morgan fingerprint density at radius 3 is 2.28 bits per heavy atom. The quantitative estimate of drug-likeness (QED) is 0.854. The summed E-state index contributed by atoms with van der Waals surface area (Å²) in [4.78, 5) is 31.4. The molecule has 3 rings (SSSR count). The molecule has 1 saturated heterocycles. The van der Waals surface area contributed by atoms with Gasteiger partial charge in [0.1, 0.15) is 5.69 Å². The van der Waals surface area contributed by atoms with Crippen molar-refractivity contribution < 1.29 is 9.59 Å². The van der Waals surface area contributed by atoms with Gasteiger partial charge in [0.2, 0.25) is 0 Å². The first-order valence-corrected chi connectivity index (χ1v) is 9.80. The summed E-state index contributed by atoms with van der Waals surface area (Å²) in [5, 5.41) is 3.10. The minimum atomic E-state index is -0.155. The van der Waals surface area contributed by atoms with Crippen LogP contribution >= 0.6 is 0 Å². The van der Waals surface area contributed by atoms with Crippen LogP contribution in [0.15, 0.2) is 18.3 Å². The number of likely N-dealkylation sites (tertiary alicyclic amines) is 1. The van der Waals surface area contributed by atoms with Crippen molar-refractivity contribution in [1.82, 2.24) is 15.2 Å². The van der Waals surface area contributed by atoms with E-state index in [1.165, 1.54) is 38.5 Å². The summed E-state index contributed by atoms with van der Waals surface area (Å²) < 4.78 is 0. The van der Waals surface area contributed by atoms with Gasteiger partial charge in [0.25, 0.3) is 11.8 Å². The van der Waals surface area contributed by atoms with Gasteiger partial charge in [0.15, 0.2) is 0 Å². The number of hydrogen-bond acceptors (Lipinski definition) is 3. The molecule has 0 radical (unpaired) electrons. The van der Waals surface area contributed by atoms with E-state index < -0.39 is 0 Å². The summed E-state index contributed by atoms with van der Waals surface area (Å²) in [5.41, 5.74) is 0.924. The average molecular weight is 343 g/mol. The van der Waals surface area contributed by atoms with E-state index in [9.17, 15) is 9.59 Å². The molecule has 1 saturated carbocycles. The lowest BCUT2D eigenvalue weighted by Gasteiger charge is -2.20. The Bertz CT molecular complexity index is 586. The lowest BCUT2D eigenvalue weighted by Crippen LogP contribution is -2.35. The molecule has 0 aromatic carbocycles. The fourth-order valence-corrected chi connectivity index (χ4v) is 3.83. The van der Waals surface area contributed by atoms with Crippen LogP contribution in [0.25, 0.3) is 0 Å². The van der Waals surface area contributed by atoms with Crippen LogP contribution in [0.4, 0.5) is 0 Å². The Morgan fingerprint density at radius 2 is 1.60 bits per heavy atom. The second-order valence-corrected chi connectivity index (χ2v) is 7.30. The van der Waals surface area contributed by atoms with Crippen molar-refractivity contribution in [2.24, 2.45) is 0 Å². The molecule has 0 spiro atoms. The highest BCUT2D eigenvalue weighted by Gasteiger charge is 2.20. The Morgan fingerprint density at radius 1 is 0.960 bits per heavy atom. The summed E-state index contributed by atoms with van der Waals surface area (Å²) >= 11 is 0. The monoisotopic (exact) mass is 343 g/mol. The van der Waals surface area contributed by atoms with E-state index in [4.69, 9.17) is 0 Å². The smallest absolute Gasteiger partial charge is 0.270 e. The maximum atomic E-state index is 12.7. The van der Waals surface area contributed by atoms with Crippen LogP contribution in [0.5, 0.6) is 0 Å². The molecule has 1 N–H and O–H groups in total. The van der Waals surface area contributed by atoms with E-state index >= 15 is 0 Å². The molecule has 2 heterocycles. The van der Waals surface area contributed by atoms with Gasteiger partial charge in [-0.1, -0.05) is 38.5 Å².